The van der Waals surface area contributed by atoms with Crippen LogP contribution in [0, 0.1) is 5.82 Å². The van der Waals surface area contributed by atoms with Crippen LogP contribution in [-0.2, 0) is 11.2 Å². The first-order valence-electron chi connectivity index (χ1n) is 13.1. The molecule has 1 spiro atoms. The summed E-state index contributed by atoms with van der Waals surface area (Å²) in [5.41, 5.74) is 4.55. The summed E-state index contributed by atoms with van der Waals surface area (Å²) in [4.78, 5) is 9.65. The Kier molecular flexibility index (Phi) is 5.63. The van der Waals surface area contributed by atoms with E-state index in [0.717, 1.165) is 68.8 Å². The second kappa shape index (κ2) is 8.67. The van der Waals surface area contributed by atoms with Crippen LogP contribution in [0.1, 0.15) is 79.2 Å². The van der Waals surface area contributed by atoms with Crippen LogP contribution in [-0.4, -0.2) is 54.6 Å². The lowest BCUT2D eigenvalue weighted by atomic mass is 9.86. The Labute approximate surface area is 202 Å². The number of rotatable bonds is 3. The van der Waals surface area contributed by atoms with Gasteiger partial charge in [0.2, 0.25) is 0 Å². The molecule has 0 saturated heterocycles. The summed E-state index contributed by atoms with van der Waals surface area (Å²) in [6, 6.07) is 15.9. The molecule has 4 nitrogen and oxygen atoms in total. The molecular weight excluding hydrogens is 425 g/mol. The van der Waals surface area contributed by atoms with Gasteiger partial charge in [-0.1, -0.05) is 49.2 Å². The largest absolute Gasteiger partial charge is 0.456 e. The highest BCUT2D eigenvalue weighted by atomic mass is 19.1. The molecule has 0 bridgehead atoms. The molecule has 6 rings (SSSR count). The Hall–Kier alpha value is -2.40. The number of hydrogen-bond acceptors (Lipinski definition) is 4. The molecule has 0 radical (unpaired) electrons. The van der Waals surface area contributed by atoms with E-state index in [0.29, 0.717) is 12.0 Å². The minimum Gasteiger partial charge on any atom is -0.456 e. The molecule has 34 heavy (non-hydrogen) atoms. The summed E-state index contributed by atoms with van der Waals surface area (Å²) < 4.78 is 21.6. The van der Waals surface area contributed by atoms with Gasteiger partial charge in [0.25, 0.3) is 6.02 Å². The normalized spacial score (nSPS) is 29.1. The van der Waals surface area contributed by atoms with Gasteiger partial charge in [0, 0.05) is 19.0 Å². The maximum Gasteiger partial charge on any atom is 0.288 e. The third kappa shape index (κ3) is 3.82. The van der Waals surface area contributed by atoms with Crippen LogP contribution >= 0.6 is 0 Å². The molecule has 2 aliphatic heterocycles. The maximum absolute atomic E-state index is 14.9. The van der Waals surface area contributed by atoms with E-state index >= 15 is 0 Å². The summed E-state index contributed by atoms with van der Waals surface area (Å²) in [6.07, 6.45) is 8.81. The van der Waals surface area contributed by atoms with Crippen molar-refractivity contribution in [3.05, 3.63) is 70.5 Å². The second-order valence-electron chi connectivity index (χ2n) is 11.1. The average molecular weight is 462 g/mol. The van der Waals surface area contributed by atoms with Crippen LogP contribution in [0.15, 0.2) is 47.5 Å². The van der Waals surface area contributed by atoms with E-state index < -0.39 is 0 Å². The van der Waals surface area contributed by atoms with Crippen LogP contribution in [0.2, 0.25) is 0 Å². The average Bonchev–Trinajstić information content (AvgIpc) is 3.61. The van der Waals surface area contributed by atoms with Gasteiger partial charge in [-0.15, -0.1) is 0 Å². The zero-order chi connectivity index (χ0) is 23.3. The lowest BCUT2D eigenvalue weighted by molar-refractivity contribution is 0.0627. The van der Waals surface area contributed by atoms with Crippen LogP contribution in [0.25, 0.3) is 0 Å². The molecule has 0 N–H and O–H groups in total. The lowest BCUT2D eigenvalue weighted by Gasteiger charge is -2.39. The number of hydrogen-bond donors (Lipinski definition) is 0. The molecule has 4 aliphatic rings. The van der Waals surface area contributed by atoms with Gasteiger partial charge < -0.3 is 14.5 Å². The third-order valence-corrected chi connectivity index (χ3v) is 8.74. The number of aliphatic imine (C=N–C) groups is 1. The monoisotopic (exact) mass is 461 g/mol. The van der Waals surface area contributed by atoms with Gasteiger partial charge in [0.1, 0.15) is 11.4 Å². The molecule has 5 heteroatoms. The van der Waals surface area contributed by atoms with E-state index in [2.05, 4.69) is 54.2 Å². The molecule has 2 aromatic carbocycles. The molecule has 3 atom stereocenters. The van der Waals surface area contributed by atoms with Crippen molar-refractivity contribution < 1.29 is 9.13 Å². The molecule has 0 amide bonds. The van der Waals surface area contributed by atoms with Crippen LogP contribution in [0.4, 0.5) is 4.39 Å². The summed E-state index contributed by atoms with van der Waals surface area (Å²) >= 11 is 0. The van der Waals surface area contributed by atoms with Crippen LogP contribution < -0.4 is 0 Å². The minimum absolute atomic E-state index is 0.00523. The smallest absolute Gasteiger partial charge is 0.288 e. The molecular formula is C29H36FN3O. The van der Waals surface area contributed by atoms with Gasteiger partial charge in [0.15, 0.2) is 0 Å². The summed E-state index contributed by atoms with van der Waals surface area (Å²) in [5, 5.41) is 0. The Morgan fingerprint density at radius 3 is 2.68 bits per heavy atom. The summed E-state index contributed by atoms with van der Waals surface area (Å²) in [5.74, 6) is 0.289. The zero-order valence-electron chi connectivity index (χ0n) is 20.5. The van der Waals surface area contributed by atoms with E-state index in [4.69, 9.17) is 9.73 Å². The number of halogens is 1. The second-order valence-corrected chi connectivity index (χ2v) is 11.1. The fourth-order valence-electron chi connectivity index (χ4n) is 6.77. The summed E-state index contributed by atoms with van der Waals surface area (Å²) in [7, 11) is 4.32. The van der Waals surface area contributed by atoms with Crippen molar-refractivity contribution in [2.45, 2.75) is 75.0 Å². The van der Waals surface area contributed by atoms with Crippen molar-refractivity contribution in [2.75, 3.05) is 27.2 Å². The molecule has 180 valence electrons. The Balaban J connectivity index is 1.34. The molecule has 2 saturated carbocycles. The number of amidine groups is 1. The molecule has 2 aromatic rings. The lowest BCUT2D eigenvalue weighted by Crippen LogP contribution is -2.43. The first-order chi connectivity index (χ1) is 16.5. The Bertz CT molecular complexity index is 1090. The van der Waals surface area contributed by atoms with Crippen molar-refractivity contribution in [3.63, 3.8) is 0 Å². The van der Waals surface area contributed by atoms with Crippen molar-refractivity contribution in [2.24, 2.45) is 4.99 Å². The molecule has 2 heterocycles. The highest BCUT2D eigenvalue weighted by Crippen LogP contribution is 2.43. The fraction of sp³-hybridized carbons (Fsp3) is 0.552. The van der Waals surface area contributed by atoms with E-state index in [-0.39, 0.29) is 17.5 Å². The molecule has 0 unspecified atom stereocenters. The van der Waals surface area contributed by atoms with Gasteiger partial charge in [-0.25, -0.2) is 9.38 Å². The van der Waals surface area contributed by atoms with Crippen LogP contribution in [0.5, 0.6) is 0 Å². The van der Waals surface area contributed by atoms with Crippen LogP contribution in [0.3, 0.4) is 0 Å². The van der Waals surface area contributed by atoms with Gasteiger partial charge >= 0.3 is 0 Å². The first kappa shape index (κ1) is 22.1. The minimum atomic E-state index is -0.163. The molecule has 2 aliphatic carbocycles. The first-order valence-corrected chi connectivity index (χ1v) is 13.1. The number of nitrogens with zero attached hydrogens (tertiary/aromatic N) is 3. The Morgan fingerprint density at radius 2 is 1.88 bits per heavy atom. The van der Waals surface area contributed by atoms with E-state index in [1.807, 2.05) is 6.07 Å². The van der Waals surface area contributed by atoms with Crippen molar-refractivity contribution in [1.29, 1.82) is 0 Å². The van der Waals surface area contributed by atoms with Crippen molar-refractivity contribution in [3.8, 4) is 0 Å². The Morgan fingerprint density at radius 1 is 1.06 bits per heavy atom. The molecule has 2 fully saturated rings. The topological polar surface area (TPSA) is 28.1 Å². The van der Waals surface area contributed by atoms with Gasteiger partial charge in [-0.3, -0.25) is 0 Å². The van der Waals surface area contributed by atoms with E-state index in [9.17, 15) is 4.39 Å². The van der Waals surface area contributed by atoms with E-state index in [1.165, 1.54) is 24.0 Å². The SMILES string of the molecule is CN(C)[C@@H]1CC[C@]2(CN=C(N3CCc4ccccc4[C@@H]3c3ccc(F)c(C4CCCC4)c3)O2)C1. The predicted molar refractivity (Wildman–Crippen MR) is 134 cm³/mol. The summed E-state index contributed by atoms with van der Waals surface area (Å²) in [6.45, 7) is 1.61. The number of benzene rings is 2. The highest BCUT2D eigenvalue weighted by Gasteiger charge is 2.48. The quantitative estimate of drug-likeness (QED) is 0.590. The standard InChI is InChI=1S/C29H36FN3O/c1-32(2)23-13-15-29(18-23)19-31-28(34-29)33-16-14-21-9-5-6-10-24(21)27(33)22-11-12-26(30)25(17-22)20-7-3-4-8-20/h5-6,9-12,17,20,23,27H,3-4,7-8,13-16,18-19H2,1-2H3/t23-,27+,29-/m1/s1. The van der Waals surface area contributed by atoms with Gasteiger partial charge in [-0.2, -0.15) is 0 Å². The fourth-order valence-corrected chi connectivity index (χ4v) is 6.77. The number of fused-ring (bicyclic) bond motifs is 1. The van der Waals surface area contributed by atoms with Crippen molar-refractivity contribution >= 4 is 6.02 Å². The van der Waals surface area contributed by atoms with E-state index in [1.54, 1.807) is 6.07 Å². The maximum atomic E-state index is 14.9. The predicted octanol–water partition coefficient (Wildman–Crippen LogP) is 5.67. The number of ether oxygens (including phenoxy) is 1. The van der Waals surface area contributed by atoms with Gasteiger partial charge in [-0.05, 0) is 80.4 Å². The third-order valence-electron chi connectivity index (χ3n) is 8.74. The molecule has 0 aromatic heterocycles. The van der Waals surface area contributed by atoms with Gasteiger partial charge in [0.05, 0.1) is 12.6 Å². The van der Waals surface area contributed by atoms with Crippen molar-refractivity contribution in [1.82, 2.24) is 9.80 Å². The highest BCUT2D eigenvalue weighted by molar-refractivity contribution is 5.78. The zero-order valence-corrected chi connectivity index (χ0v) is 20.5.